The molecule has 0 radical (unpaired) electrons. The molecule has 1 aromatic heterocycles. The van der Waals surface area contributed by atoms with E-state index in [0.717, 1.165) is 56.1 Å². The maximum Gasteiger partial charge on any atom is 0.291 e. The molecule has 3 heterocycles. The monoisotopic (exact) mass is 488 g/mol. The van der Waals surface area contributed by atoms with Crippen molar-refractivity contribution in [3.63, 3.8) is 0 Å². The Hall–Kier alpha value is -2.95. The van der Waals surface area contributed by atoms with E-state index in [0.29, 0.717) is 12.1 Å². The van der Waals surface area contributed by atoms with Crippen LogP contribution < -0.4 is 5.32 Å². The lowest BCUT2D eigenvalue weighted by atomic mass is 9.73. The maximum atomic E-state index is 12.9. The van der Waals surface area contributed by atoms with Crippen molar-refractivity contribution in [2.24, 2.45) is 11.3 Å². The van der Waals surface area contributed by atoms with Crippen LogP contribution in [0.2, 0.25) is 0 Å². The fourth-order valence-corrected chi connectivity index (χ4v) is 6.00. The van der Waals surface area contributed by atoms with Crippen LogP contribution in [0.3, 0.4) is 0 Å². The van der Waals surface area contributed by atoms with Crippen molar-refractivity contribution in [1.82, 2.24) is 9.97 Å². The van der Waals surface area contributed by atoms with Gasteiger partial charge in [0, 0.05) is 17.4 Å². The first kappa shape index (κ1) is 24.7. The molecule has 36 heavy (non-hydrogen) atoms. The van der Waals surface area contributed by atoms with Crippen LogP contribution in [0.25, 0.3) is 5.57 Å². The fourth-order valence-electron chi connectivity index (χ4n) is 6.00. The average molecular weight is 489 g/mol. The molecular formula is C29H36N4O3. The molecule has 3 aliphatic rings. The zero-order valence-electron chi connectivity index (χ0n) is 21.4. The number of amides is 1. The van der Waals surface area contributed by atoms with Crippen molar-refractivity contribution in [2.45, 2.75) is 89.9 Å². The smallest absolute Gasteiger partial charge is 0.291 e. The van der Waals surface area contributed by atoms with Gasteiger partial charge in [-0.05, 0) is 86.0 Å². The Bertz CT molecular complexity index is 1220. The number of carbonyl (C=O) groups is 1. The van der Waals surface area contributed by atoms with Gasteiger partial charge in [-0.3, -0.25) is 4.79 Å². The number of rotatable bonds is 4. The molecule has 2 aliphatic heterocycles. The van der Waals surface area contributed by atoms with Gasteiger partial charge in [-0.25, -0.2) is 4.98 Å². The third-order valence-corrected chi connectivity index (χ3v) is 8.47. The molecule has 0 unspecified atom stereocenters. The Morgan fingerprint density at radius 1 is 1.25 bits per heavy atom. The topological polar surface area (TPSA) is 111 Å². The average Bonchev–Trinajstić information content (AvgIpc) is 3.52. The predicted octanol–water partition coefficient (Wildman–Crippen LogP) is 5.68. The summed E-state index contributed by atoms with van der Waals surface area (Å²) in [6.45, 7) is 6.68. The number of H-pyrrole nitrogens is 1. The summed E-state index contributed by atoms with van der Waals surface area (Å²) in [6.07, 6.45) is 11.6. The van der Waals surface area contributed by atoms with Gasteiger partial charge in [-0.1, -0.05) is 32.9 Å². The number of fused-ring (bicyclic) bond motifs is 2. The molecule has 2 saturated heterocycles. The lowest BCUT2D eigenvalue weighted by Gasteiger charge is -2.39. The van der Waals surface area contributed by atoms with Gasteiger partial charge in [0.05, 0.1) is 17.8 Å². The summed E-state index contributed by atoms with van der Waals surface area (Å²) >= 11 is 0. The molecule has 0 saturated carbocycles. The van der Waals surface area contributed by atoms with Crippen LogP contribution in [0.15, 0.2) is 30.5 Å². The number of aliphatic hydroxyl groups is 1. The Kier molecular flexibility index (Phi) is 6.52. The summed E-state index contributed by atoms with van der Waals surface area (Å²) in [6, 6.07) is 7.89. The van der Waals surface area contributed by atoms with Gasteiger partial charge in [0.15, 0.2) is 11.5 Å². The molecule has 0 spiro atoms. The van der Waals surface area contributed by atoms with Crippen molar-refractivity contribution in [3.8, 4) is 6.07 Å². The quantitative estimate of drug-likeness (QED) is 0.512. The molecule has 3 N–H and O–H groups in total. The highest BCUT2D eigenvalue weighted by Gasteiger charge is 2.42. The number of imidazole rings is 1. The number of ether oxygens (including phenoxy) is 1. The molecule has 2 fully saturated rings. The first-order valence-corrected chi connectivity index (χ1v) is 13.2. The van der Waals surface area contributed by atoms with Gasteiger partial charge in [0.1, 0.15) is 6.07 Å². The van der Waals surface area contributed by atoms with Crippen molar-refractivity contribution < 1.29 is 14.6 Å². The number of allylic oxidation sites excluding steroid dienone is 2. The van der Waals surface area contributed by atoms with Crippen LogP contribution >= 0.6 is 0 Å². The van der Waals surface area contributed by atoms with E-state index in [-0.39, 0.29) is 35.1 Å². The van der Waals surface area contributed by atoms with E-state index in [1.807, 2.05) is 18.2 Å². The third-order valence-electron chi connectivity index (χ3n) is 8.47. The predicted molar refractivity (Wildman–Crippen MR) is 138 cm³/mol. The summed E-state index contributed by atoms with van der Waals surface area (Å²) in [5, 5.41) is 24.1. The number of aromatic nitrogens is 2. The maximum absolute atomic E-state index is 12.9. The molecule has 4 atom stereocenters. The van der Waals surface area contributed by atoms with E-state index >= 15 is 0 Å². The fraction of sp³-hybridized carbons (Fsp3) is 0.552. The van der Waals surface area contributed by atoms with Gasteiger partial charge in [-0.2, -0.15) is 5.26 Å². The second-order valence-electron chi connectivity index (χ2n) is 11.6. The van der Waals surface area contributed by atoms with E-state index < -0.39 is 11.5 Å². The van der Waals surface area contributed by atoms with Crippen molar-refractivity contribution >= 4 is 17.2 Å². The summed E-state index contributed by atoms with van der Waals surface area (Å²) in [5.41, 5.74) is 3.21. The van der Waals surface area contributed by atoms with Crippen molar-refractivity contribution in [1.29, 1.82) is 5.26 Å². The molecule has 5 rings (SSSR count). The minimum atomic E-state index is -0.945. The second kappa shape index (κ2) is 9.49. The number of carbonyl (C=O) groups excluding carboxylic acids is 1. The number of nitrogens with zero attached hydrogens (tertiary/aromatic N) is 2. The zero-order valence-corrected chi connectivity index (χ0v) is 21.4. The lowest BCUT2D eigenvalue weighted by molar-refractivity contribution is -0.0836. The first-order valence-electron chi connectivity index (χ1n) is 13.2. The minimum Gasteiger partial charge on any atom is -0.385 e. The lowest BCUT2D eigenvalue weighted by Crippen LogP contribution is -2.38. The number of hydrogen-bond acceptors (Lipinski definition) is 5. The molecule has 7 nitrogen and oxygen atoms in total. The summed E-state index contributed by atoms with van der Waals surface area (Å²) in [4.78, 5) is 19.8. The van der Waals surface area contributed by atoms with E-state index in [4.69, 9.17) is 10.00 Å². The highest BCUT2D eigenvalue weighted by Crippen LogP contribution is 2.46. The van der Waals surface area contributed by atoms with Gasteiger partial charge < -0.3 is 20.1 Å². The van der Waals surface area contributed by atoms with Crippen LogP contribution in [0.1, 0.15) is 99.6 Å². The van der Waals surface area contributed by atoms with Crippen LogP contribution in [-0.4, -0.2) is 33.2 Å². The zero-order chi connectivity index (χ0) is 25.5. The van der Waals surface area contributed by atoms with Gasteiger partial charge in [0.25, 0.3) is 5.91 Å². The van der Waals surface area contributed by atoms with E-state index in [1.54, 1.807) is 0 Å². The standard InChI is InChI=1S/C29H36N4O3/c1-18-14-23-6-5-22(36-23)10-13-29(18,35)20-4-7-25(33-27(34)26-31-17-21(16-30)32-26)24(15-20)19-8-11-28(2,3)12-9-19/h4,7-8,15,17-18,22-23,35H,5-6,9-14H2,1-3H3,(H,31,32)(H,33,34)/t18-,22-,23+,29+/m1/s1. The van der Waals surface area contributed by atoms with Crippen LogP contribution in [0.4, 0.5) is 5.69 Å². The number of aromatic amines is 1. The van der Waals surface area contributed by atoms with Crippen LogP contribution in [0.5, 0.6) is 0 Å². The SMILES string of the molecule is C[C@@H]1C[C@@H]2CC[C@H](CC[C@@]1(O)c1ccc(NC(=O)c3nc(C#N)c[nH]3)c(C3=CCC(C)(C)CC3)c1)O2. The van der Waals surface area contributed by atoms with Gasteiger partial charge in [0.2, 0.25) is 0 Å². The van der Waals surface area contributed by atoms with Crippen molar-refractivity contribution in [2.75, 3.05) is 5.32 Å². The number of nitrogens with one attached hydrogen (secondary N) is 2. The Labute approximate surface area is 213 Å². The Morgan fingerprint density at radius 3 is 2.78 bits per heavy atom. The van der Waals surface area contributed by atoms with Crippen LogP contribution in [-0.2, 0) is 10.3 Å². The normalized spacial score (nSPS) is 29.5. The number of nitriles is 1. The van der Waals surface area contributed by atoms with Gasteiger partial charge in [-0.15, -0.1) is 0 Å². The van der Waals surface area contributed by atoms with E-state index in [9.17, 15) is 9.90 Å². The molecule has 2 bridgehead atoms. The van der Waals surface area contributed by atoms with Crippen molar-refractivity contribution in [3.05, 3.63) is 53.1 Å². The largest absolute Gasteiger partial charge is 0.385 e. The number of hydrogen-bond donors (Lipinski definition) is 3. The molecular weight excluding hydrogens is 452 g/mol. The third kappa shape index (κ3) is 4.85. The Balaban J connectivity index is 1.50. The molecule has 1 aliphatic carbocycles. The molecule has 190 valence electrons. The molecule has 7 heteroatoms. The molecule has 2 aromatic rings. The number of anilines is 1. The minimum absolute atomic E-state index is 0.0571. The highest BCUT2D eigenvalue weighted by atomic mass is 16.5. The van der Waals surface area contributed by atoms with E-state index in [1.165, 1.54) is 11.8 Å². The van der Waals surface area contributed by atoms with Crippen LogP contribution in [0, 0.1) is 22.7 Å². The highest BCUT2D eigenvalue weighted by molar-refractivity contribution is 6.03. The van der Waals surface area contributed by atoms with E-state index in [2.05, 4.69) is 48.2 Å². The van der Waals surface area contributed by atoms with Gasteiger partial charge >= 0.3 is 0 Å². The summed E-state index contributed by atoms with van der Waals surface area (Å²) < 4.78 is 6.16. The number of benzene rings is 1. The summed E-state index contributed by atoms with van der Waals surface area (Å²) in [7, 11) is 0. The Morgan fingerprint density at radius 2 is 2.06 bits per heavy atom. The molecule has 1 aromatic carbocycles. The second-order valence-corrected chi connectivity index (χ2v) is 11.6. The first-order chi connectivity index (χ1) is 17.2. The summed E-state index contributed by atoms with van der Waals surface area (Å²) in [5.74, 6) is -0.237. The molecule has 1 amide bonds.